The molecule has 0 saturated carbocycles. The van der Waals surface area contributed by atoms with Gasteiger partial charge in [0.25, 0.3) is 0 Å². The van der Waals surface area contributed by atoms with Gasteiger partial charge in [-0.15, -0.1) is 0 Å². The van der Waals surface area contributed by atoms with Crippen LogP contribution >= 0.6 is 11.8 Å². The summed E-state index contributed by atoms with van der Waals surface area (Å²) in [5.74, 6) is 3.43. The number of hydrogen-bond acceptors (Lipinski definition) is 6. The molecule has 0 bridgehead atoms. The van der Waals surface area contributed by atoms with Crippen LogP contribution in [0.5, 0.6) is 23.1 Å². The Labute approximate surface area is 145 Å². The van der Waals surface area contributed by atoms with E-state index in [-0.39, 0.29) is 0 Å². The van der Waals surface area contributed by atoms with Crippen molar-refractivity contribution in [3.63, 3.8) is 0 Å². The first-order valence-corrected chi connectivity index (χ1v) is 8.77. The lowest BCUT2D eigenvalue weighted by atomic mass is 10.2. The molecule has 0 saturated heterocycles. The summed E-state index contributed by atoms with van der Waals surface area (Å²) >= 11 is 1.79. The third-order valence-electron chi connectivity index (χ3n) is 3.55. The predicted octanol–water partition coefficient (Wildman–Crippen LogP) is 4.30. The molecule has 0 aliphatic carbocycles. The molecule has 0 radical (unpaired) electrons. The summed E-state index contributed by atoms with van der Waals surface area (Å²) in [6, 6.07) is 11.6. The molecular weight excluding hydrogens is 324 g/mol. The molecule has 0 spiro atoms. The van der Waals surface area contributed by atoms with E-state index in [1.54, 1.807) is 26.0 Å². The number of ether oxygens (including phenoxy) is 3. The fraction of sp³-hybridized carbons (Fsp3) is 0.222. The summed E-state index contributed by atoms with van der Waals surface area (Å²) in [5.41, 5.74) is 1.99. The van der Waals surface area contributed by atoms with Gasteiger partial charge in [0, 0.05) is 11.8 Å². The van der Waals surface area contributed by atoms with Crippen molar-refractivity contribution in [3.8, 4) is 23.1 Å². The summed E-state index contributed by atoms with van der Waals surface area (Å²) in [5, 5.41) is 0.767. The van der Waals surface area contributed by atoms with Crippen molar-refractivity contribution >= 4 is 22.7 Å². The van der Waals surface area contributed by atoms with E-state index >= 15 is 0 Å². The maximum atomic E-state index is 5.94. The number of hydrogen-bond donors (Lipinski definition) is 0. The Hall–Kier alpha value is -2.47. The van der Waals surface area contributed by atoms with Crippen molar-refractivity contribution in [3.05, 3.63) is 48.3 Å². The zero-order valence-corrected chi connectivity index (χ0v) is 14.6. The third kappa shape index (κ3) is 3.38. The first-order valence-electron chi connectivity index (χ1n) is 7.37. The van der Waals surface area contributed by atoms with Gasteiger partial charge in [0.15, 0.2) is 11.5 Å². The van der Waals surface area contributed by atoms with E-state index in [9.17, 15) is 0 Å². The van der Waals surface area contributed by atoms with Gasteiger partial charge in [-0.05, 0) is 30.0 Å². The number of rotatable bonds is 6. The summed E-state index contributed by atoms with van der Waals surface area (Å²) in [7, 11) is 3.19. The predicted molar refractivity (Wildman–Crippen MR) is 96.4 cm³/mol. The Balaban J connectivity index is 1.96. The van der Waals surface area contributed by atoms with Crippen LogP contribution in [-0.2, 0) is 5.75 Å². The van der Waals surface area contributed by atoms with Gasteiger partial charge in [0.1, 0.15) is 12.1 Å². The summed E-state index contributed by atoms with van der Waals surface area (Å²) in [6.07, 6.45) is 3.56. The smallest absolute Gasteiger partial charge is 0.230 e. The van der Waals surface area contributed by atoms with Crippen molar-refractivity contribution in [1.82, 2.24) is 9.97 Å². The van der Waals surface area contributed by atoms with Crippen molar-refractivity contribution in [2.24, 2.45) is 0 Å². The Bertz CT molecular complexity index is 838. The number of benzene rings is 2. The molecule has 0 N–H and O–H groups in total. The minimum absolute atomic E-state index is 0.485. The van der Waals surface area contributed by atoms with Crippen molar-refractivity contribution < 1.29 is 14.2 Å². The van der Waals surface area contributed by atoms with Gasteiger partial charge in [0.05, 0.1) is 25.1 Å². The molecule has 3 aromatic rings. The van der Waals surface area contributed by atoms with Crippen molar-refractivity contribution in [2.75, 3.05) is 20.5 Å². The van der Waals surface area contributed by atoms with Crippen LogP contribution in [0.25, 0.3) is 10.9 Å². The van der Waals surface area contributed by atoms with Gasteiger partial charge in [-0.2, -0.15) is 11.8 Å². The molecule has 0 aliphatic heterocycles. The largest absolute Gasteiger partial charge is 0.493 e. The van der Waals surface area contributed by atoms with Gasteiger partial charge in [-0.1, -0.05) is 12.1 Å². The van der Waals surface area contributed by atoms with Crippen LogP contribution in [0, 0.1) is 0 Å². The molecule has 124 valence electrons. The van der Waals surface area contributed by atoms with Crippen LogP contribution in [0.3, 0.4) is 0 Å². The zero-order valence-electron chi connectivity index (χ0n) is 13.8. The zero-order chi connectivity index (χ0) is 16.9. The Kier molecular flexibility index (Phi) is 5.05. The average Bonchev–Trinajstić information content (AvgIpc) is 2.62. The maximum Gasteiger partial charge on any atom is 0.230 e. The third-order valence-corrected chi connectivity index (χ3v) is 4.17. The summed E-state index contributed by atoms with van der Waals surface area (Å²) < 4.78 is 16.6. The van der Waals surface area contributed by atoms with Gasteiger partial charge >= 0.3 is 0 Å². The van der Waals surface area contributed by atoms with E-state index in [0.717, 1.165) is 22.4 Å². The monoisotopic (exact) mass is 342 g/mol. The fourth-order valence-corrected chi connectivity index (χ4v) is 2.90. The van der Waals surface area contributed by atoms with E-state index in [0.29, 0.717) is 17.4 Å². The number of nitrogens with zero attached hydrogens (tertiary/aromatic N) is 2. The Morgan fingerprint density at radius 2 is 1.67 bits per heavy atom. The topological polar surface area (TPSA) is 53.5 Å². The lowest BCUT2D eigenvalue weighted by Gasteiger charge is -2.11. The maximum absolute atomic E-state index is 5.94. The molecule has 24 heavy (non-hydrogen) atoms. The van der Waals surface area contributed by atoms with Crippen molar-refractivity contribution in [2.45, 2.75) is 5.75 Å². The van der Waals surface area contributed by atoms with Crippen LogP contribution in [0.2, 0.25) is 0 Å². The minimum Gasteiger partial charge on any atom is -0.493 e. The number of thioether (sulfide) groups is 1. The average molecular weight is 342 g/mol. The lowest BCUT2D eigenvalue weighted by Crippen LogP contribution is -1.95. The second-order valence-electron chi connectivity index (χ2n) is 5.08. The van der Waals surface area contributed by atoms with Gasteiger partial charge in [-0.3, -0.25) is 0 Å². The van der Waals surface area contributed by atoms with Crippen LogP contribution in [-0.4, -0.2) is 30.4 Å². The highest BCUT2D eigenvalue weighted by Crippen LogP contribution is 2.35. The molecule has 0 aliphatic rings. The molecule has 0 atom stereocenters. The second kappa shape index (κ2) is 7.40. The SMILES string of the molecule is COc1cc2ncnc(Oc3ccc(CSC)cc3)c2cc1OC. The quantitative estimate of drug-likeness (QED) is 0.666. The van der Waals surface area contributed by atoms with E-state index < -0.39 is 0 Å². The molecule has 1 heterocycles. The van der Waals surface area contributed by atoms with Gasteiger partial charge in [0.2, 0.25) is 5.88 Å². The van der Waals surface area contributed by atoms with Gasteiger partial charge < -0.3 is 14.2 Å². The van der Waals surface area contributed by atoms with Crippen LogP contribution in [0.15, 0.2) is 42.7 Å². The van der Waals surface area contributed by atoms with E-state index in [2.05, 4.69) is 28.4 Å². The van der Waals surface area contributed by atoms with E-state index in [4.69, 9.17) is 14.2 Å². The molecule has 0 unspecified atom stereocenters. The van der Waals surface area contributed by atoms with Crippen molar-refractivity contribution in [1.29, 1.82) is 0 Å². The molecular formula is C18H18N2O3S. The number of fused-ring (bicyclic) bond motifs is 1. The molecule has 6 heteroatoms. The summed E-state index contributed by atoms with van der Waals surface area (Å²) in [6.45, 7) is 0. The molecule has 0 amide bonds. The fourth-order valence-electron chi connectivity index (χ4n) is 2.37. The highest BCUT2D eigenvalue weighted by atomic mass is 32.2. The second-order valence-corrected chi connectivity index (χ2v) is 5.95. The number of methoxy groups -OCH3 is 2. The molecule has 1 aromatic heterocycles. The molecule has 2 aromatic carbocycles. The number of aromatic nitrogens is 2. The summed E-state index contributed by atoms with van der Waals surface area (Å²) in [4.78, 5) is 8.53. The highest BCUT2D eigenvalue weighted by Gasteiger charge is 2.12. The minimum atomic E-state index is 0.485. The first-order chi connectivity index (χ1) is 11.7. The standard InChI is InChI=1S/C18H18N2O3S/c1-21-16-8-14-15(9-17(16)22-2)19-11-20-18(14)23-13-6-4-12(5-7-13)10-24-3/h4-9,11H,10H2,1-3H3. The normalized spacial score (nSPS) is 10.6. The van der Waals surface area contributed by atoms with Crippen LogP contribution < -0.4 is 14.2 Å². The van der Waals surface area contributed by atoms with Gasteiger partial charge in [-0.25, -0.2) is 9.97 Å². The van der Waals surface area contributed by atoms with E-state index in [1.165, 1.54) is 11.9 Å². The Morgan fingerprint density at radius 3 is 2.33 bits per heavy atom. The molecule has 5 nitrogen and oxygen atoms in total. The molecule has 0 fully saturated rings. The van der Waals surface area contributed by atoms with E-state index in [1.807, 2.05) is 24.3 Å². The molecule has 3 rings (SSSR count). The Morgan fingerprint density at radius 1 is 0.958 bits per heavy atom. The van der Waals surface area contributed by atoms with Crippen LogP contribution in [0.4, 0.5) is 0 Å². The lowest BCUT2D eigenvalue weighted by molar-refractivity contribution is 0.355. The highest BCUT2D eigenvalue weighted by molar-refractivity contribution is 7.97. The van der Waals surface area contributed by atoms with Crippen LogP contribution in [0.1, 0.15) is 5.56 Å². The first kappa shape index (κ1) is 16.4.